The Kier molecular flexibility index (Phi) is 5.55. The number of rotatable bonds is 6. The monoisotopic (exact) mass is 263 g/mol. The van der Waals surface area contributed by atoms with Crippen LogP contribution >= 0.6 is 0 Å². The zero-order valence-electron chi connectivity index (χ0n) is 12.0. The predicted octanol–water partition coefficient (Wildman–Crippen LogP) is 2.44. The summed E-state index contributed by atoms with van der Waals surface area (Å²) in [6, 6.07) is 5.37. The van der Waals surface area contributed by atoms with E-state index in [1.54, 1.807) is 17.0 Å². The number of amides is 1. The van der Waals surface area contributed by atoms with Gasteiger partial charge in [-0.1, -0.05) is 6.07 Å². The third kappa shape index (κ3) is 4.09. The van der Waals surface area contributed by atoms with Crippen LogP contribution in [0.15, 0.2) is 18.2 Å². The van der Waals surface area contributed by atoms with Gasteiger partial charge in [-0.05, 0) is 45.4 Å². The van der Waals surface area contributed by atoms with E-state index in [4.69, 9.17) is 4.74 Å². The van der Waals surface area contributed by atoms with E-state index in [1.165, 1.54) is 6.92 Å². The fraction of sp³-hybridized carbons (Fsp3) is 0.467. The largest absolute Gasteiger partial charge is 0.483 e. The average Bonchev–Trinajstić information content (AvgIpc) is 2.37. The van der Waals surface area contributed by atoms with Gasteiger partial charge in [0.15, 0.2) is 12.4 Å². The maximum absolute atomic E-state index is 11.9. The van der Waals surface area contributed by atoms with Crippen LogP contribution in [-0.4, -0.2) is 36.3 Å². The van der Waals surface area contributed by atoms with Gasteiger partial charge in [0, 0.05) is 13.1 Å². The first-order valence-corrected chi connectivity index (χ1v) is 6.51. The maximum atomic E-state index is 11.9. The van der Waals surface area contributed by atoms with Gasteiger partial charge in [-0.3, -0.25) is 9.59 Å². The molecule has 1 amide bonds. The Balaban J connectivity index is 2.79. The first kappa shape index (κ1) is 15.2. The number of benzene rings is 1. The third-order valence-corrected chi connectivity index (χ3v) is 2.98. The number of carbonyl (C=O) groups excluding carboxylic acids is 2. The smallest absolute Gasteiger partial charge is 0.260 e. The lowest BCUT2D eigenvalue weighted by Crippen LogP contribution is -2.34. The molecule has 0 saturated heterocycles. The van der Waals surface area contributed by atoms with Crippen LogP contribution in [0.4, 0.5) is 0 Å². The molecule has 0 saturated carbocycles. The Morgan fingerprint density at radius 2 is 1.84 bits per heavy atom. The van der Waals surface area contributed by atoms with Crippen LogP contribution < -0.4 is 4.74 Å². The van der Waals surface area contributed by atoms with Gasteiger partial charge in [0.2, 0.25) is 0 Å². The molecule has 19 heavy (non-hydrogen) atoms. The molecule has 1 rings (SSSR count). The maximum Gasteiger partial charge on any atom is 0.260 e. The quantitative estimate of drug-likeness (QED) is 0.741. The number of aryl methyl sites for hydroxylation is 1. The average molecular weight is 263 g/mol. The summed E-state index contributed by atoms with van der Waals surface area (Å²) >= 11 is 0. The van der Waals surface area contributed by atoms with Crippen LogP contribution in [-0.2, 0) is 4.79 Å². The summed E-state index contributed by atoms with van der Waals surface area (Å²) in [5.74, 6) is 0.347. The molecule has 0 atom stereocenters. The highest BCUT2D eigenvalue weighted by Gasteiger charge is 2.13. The molecule has 0 bridgehead atoms. The first-order chi connectivity index (χ1) is 8.99. The Hall–Kier alpha value is -1.84. The zero-order chi connectivity index (χ0) is 14.4. The lowest BCUT2D eigenvalue weighted by atomic mass is 10.1. The van der Waals surface area contributed by atoms with Gasteiger partial charge in [-0.25, -0.2) is 0 Å². The van der Waals surface area contributed by atoms with Crippen molar-refractivity contribution < 1.29 is 14.3 Å². The Labute approximate surface area is 114 Å². The molecular weight excluding hydrogens is 242 g/mol. The Bertz CT molecular complexity index is 464. The van der Waals surface area contributed by atoms with Gasteiger partial charge < -0.3 is 9.64 Å². The van der Waals surface area contributed by atoms with E-state index >= 15 is 0 Å². The number of nitrogens with zero attached hydrogens (tertiary/aromatic N) is 1. The highest BCUT2D eigenvalue weighted by atomic mass is 16.5. The van der Waals surface area contributed by atoms with Crippen molar-refractivity contribution in [2.24, 2.45) is 0 Å². The third-order valence-electron chi connectivity index (χ3n) is 2.98. The van der Waals surface area contributed by atoms with Crippen molar-refractivity contribution in [3.05, 3.63) is 29.3 Å². The summed E-state index contributed by atoms with van der Waals surface area (Å²) in [6.07, 6.45) is 0. The van der Waals surface area contributed by atoms with Crippen molar-refractivity contribution in [3.63, 3.8) is 0 Å². The number of likely N-dealkylation sites (N-methyl/N-ethyl adjacent to an activating group) is 1. The summed E-state index contributed by atoms with van der Waals surface area (Å²) in [7, 11) is 0. The minimum absolute atomic E-state index is 0.0363. The molecule has 0 aromatic heterocycles. The van der Waals surface area contributed by atoms with Crippen LogP contribution in [0, 0.1) is 6.92 Å². The number of hydrogen-bond donors (Lipinski definition) is 0. The van der Waals surface area contributed by atoms with E-state index < -0.39 is 0 Å². The number of Topliss-reactive ketones (excluding diaryl/α,β-unsaturated/α-hetero) is 1. The molecule has 0 radical (unpaired) electrons. The van der Waals surface area contributed by atoms with Gasteiger partial charge in [-0.15, -0.1) is 0 Å². The lowest BCUT2D eigenvalue weighted by Gasteiger charge is -2.19. The number of carbonyl (C=O) groups is 2. The molecule has 4 heteroatoms. The first-order valence-electron chi connectivity index (χ1n) is 6.51. The lowest BCUT2D eigenvalue weighted by molar-refractivity contribution is -0.132. The van der Waals surface area contributed by atoms with Crippen molar-refractivity contribution in [2.45, 2.75) is 27.7 Å². The fourth-order valence-corrected chi connectivity index (χ4v) is 1.85. The van der Waals surface area contributed by atoms with E-state index in [0.29, 0.717) is 24.4 Å². The predicted molar refractivity (Wildman–Crippen MR) is 74.6 cm³/mol. The Morgan fingerprint density at radius 1 is 1.21 bits per heavy atom. The number of hydrogen-bond acceptors (Lipinski definition) is 3. The number of ether oxygens (including phenoxy) is 1. The summed E-state index contributed by atoms with van der Waals surface area (Å²) in [4.78, 5) is 25.1. The molecule has 0 N–H and O–H groups in total. The molecular formula is C15H21NO3. The molecule has 104 valence electrons. The summed E-state index contributed by atoms with van der Waals surface area (Å²) < 4.78 is 5.51. The van der Waals surface area contributed by atoms with Crippen LogP contribution in [0.1, 0.15) is 36.7 Å². The van der Waals surface area contributed by atoms with Crippen molar-refractivity contribution >= 4 is 11.7 Å². The molecule has 0 aliphatic carbocycles. The van der Waals surface area contributed by atoms with E-state index in [-0.39, 0.29) is 18.3 Å². The van der Waals surface area contributed by atoms with Gasteiger partial charge in [0.1, 0.15) is 5.75 Å². The van der Waals surface area contributed by atoms with Crippen molar-refractivity contribution in [2.75, 3.05) is 19.7 Å². The van der Waals surface area contributed by atoms with Crippen molar-refractivity contribution in [1.29, 1.82) is 0 Å². The highest BCUT2D eigenvalue weighted by Crippen LogP contribution is 2.20. The van der Waals surface area contributed by atoms with Crippen molar-refractivity contribution in [1.82, 2.24) is 4.90 Å². The number of ketones is 1. The molecule has 0 aliphatic heterocycles. The molecule has 0 heterocycles. The van der Waals surface area contributed by atoms with Crippen LogP contribution in [0.25, 0.3) is 0 Å². The highest BCUT2D eigenvalue weighted by molar-refractivity contribution is 5.97. The molecule has 0 spiro atoms. The summed E-state index contributed by atoms with van der Waals surface area (Å²) in [6.45, 7) is 8.54. The van der Waals surface area contributed by atoms with E-state index in [9.17, 15) is 9.59 Å². The minimum atomic E-state index is -0.0685. The summed E-state index contributed by atoms with van der Waals surface area (Å²) in [5.41, 5.74) is 1.51. The molecule has 0 unspecified atom stereocenters. The van der Waals surface area contributed by atoms with Gasteiger partial charge in [0.05, 0.1) is 5.56 Å². The zero-order valence-corrected chi connectivity index (χ0v) is 12.0. The summed E-state index contributed by atoms with van der Waals surface area (Å²) in [5, 5.41) is 0. The fourth-order valence-electron chi connectivity index (χ4n) is 1.85. The van der Waals surface area contributed by atoms with Gasteiger partial charge in [-0.2, -0.15) is 0 Å². The van der Waals surface area contributed by atoms with Crippen LogP contribution in [0.2, 0.25) is 0 Å². The molecule has 4 nitrogen and oxygen atoms in total. The normalized spacial score (nSPS) is 10.1. The second-order valence-corrected chi connectivity index (χ2v) is 4.41. The van der Waals surface area contributed by atoms with Crippen LogP contribution in [0.3, 0.4) is 0 Å². The molecule has 1 aromatic rings. The van der Waals surface area contributed by atoms with Gasteiger partial charge in [0.25, 0.3) is 5.91 Å². The second kappa shape index (κ2) is 6.92. The standard InChI is InChI=1S/C15H21NO3/c1-5-16(6-2)15(18)10-19-14-9-11(3)7-8-13(14)12(4)17/h7-9H,5-6,10H2,1-4H3. The van der Waals surface area contributed by atoms with Gasteiger partial charge >= 0.3 is 0 Å². The molecule has 1 aromatic carbocycles. The Morgan fingerprint density at radius 3 is 2.37 bits per heavy atom. The SMILES string of the molecule is CCN(CC)C(=O)COc1cc(C)ccc1C(C)=O. The van der Waals surface area contributed by atoms with E-state index in [0.717, 1.165) is 5.56 Å². The molecule has 0 aliphatic rings. The van der Waals surface area contributed by atoms with E-state index in [1.807, 2.05) is 26.8 Å². The van der Waals surface area contributed by atoms with E-state index in [2.05, 4.69) is 0 Å². The minimum Gasteiger partial charge on any atom is -0.483 e. The van der Waals surface area contributed by atoms with Crippen LogP contribution in [0.5, 0.6) is 5.75 Å². The second-order valence-electron chi connectivity index (χ2n) is 4.41. The topological polar surface area (TPSA) is 46.6 Å². The van der Waals surface area contributed by atoms with Crippen molar-refractivity contribution in [3.8, 4) is 5.75 Å². The molecule has 0 fully saturated rings.